The van der Waals surface area contributed by atoms with Crippen LogP contribution >= 0.6 is 0 Å². The Morgan fingerprint density at radius 1 is 0.429 bits per heavy atom. The van der Waals surface area contributed by atoms with Crippen molar-refractivity contribution in [2.75, 3.05) is 0 Å². The van der Waals surface area contributed by atoms with Gasteiger partial charge in [-0.15, -0.1) is 0 Å². The first-order valence-corrected chi connectivity index (χ1v) is 0. The Morgan fingerprint density at radius 3 is 0.429 bits per heavy atom. The van der Waals surface area contributed by atoms with Gasteiger partial charge in [0.1, 0.15) is 0 Å². The van der Waals surface area contributed by atoms with Gasteiger partial charge < -0.3 is 23.5 Å². The summed E-state index contributed by atoms with van der Waals surface area (Å²) < 4.78 is 0. The summed E-state index contributed by atoms with van der Waals surface area (Å²) in [4.78, 5) is 0. The van der Waals surface area contributed by atoms with Crippen molar-refractivity contribution in [1.29, 1.82) is 0 Å². The van der Waals surface area contributed by atoms with Crippen LogP contribution in [0.25, 0.3) is 0 Å². The Kier molecular flexibility index (Phi) is 1010. The summed E-state index contributed by atoms with van der Waals surface area (Å²) in [5.41, 5.74) is 0. The van der Waals surface area contributed by atoms with Crippen molar-refractivity contribution in [2.45, 2.75) is 0 Å². The van der Waals surface area contributed by atoms with Crippen LogP contribution in [-0.4, -0.2) is 45.5 Å². The molecule has 0 aromatic rings. The Bertz CT molecular complexity index is 8.04. The molecular weight excluding hydrogens is 335 g/mol. The molecular formula is EuF5Sr. The topological polar surface area (TPSA) is 0 Å². The largest absolute Gasteiger partial charge is 3.00 e. The second kappa shape index (κ2) is 70.4. The molecule has 0 saturated carbocycles. The van der Waals surface area contributed by atoms with Gasteiger partial charge in [-0.3, -0.25) is 0 Å². The van der Waals surface area contributed by atoms with Crippen molar-refractivity contribution in [3.8, 4) is 0 Å². The summed E-state index contributed by atoms with van der Waals surface area (Å²) in [6, 6.07) is 0. The molecule has 0 aromatic heterocycles. The SMILES string of the molecule is [Eu+3].[F-].[F-].[F-].[F-].[F-].[Sr+2]. The average Bonchev–Trinajstić information content (AvgIpc) is 0. The van der Waals surface area contributed by atoms with Gasteiger partial charge in [0.05, 0.1) is 0 Å². The second-order valence-electron chi connectivity index (χ2n) is 0. The van der Waals surface area contributed by atoms with E-state index in [1.807, 2.05) is 0 Å². The molecule has 7 heavy (non-hydrogen) atoms. The van der Waals surface area contributed by atoms with E-state index in [-0.39, 0.29) is 118 Å². The molecule has 0 fully saturated rings. The summed E-state index contributed by atoms with van der Waals surface area (Å²) in [5, 5.41) is 0. The van der Waals surface area contributed by atoms with E-state index >= 15 is 0 Å². The monoisotopic (exact) mass is 336 g/mol. The van der Waals surface area contributed by atoms with Gasteiger partial charge in [-0.2, -0.15) is 0 Å². The molecule has 0 atom stereocenters. The fraction of sp³-hybridized carbons (Fsp3) is 0. The predicted octanol–water partition coefficient (Wildman–Crippen LogP) is -15.4. The van der Waals surface area contributed by atoms with Gasteiger partial charge in [0.25, 0.3) is 0 Å². The molecule has 0 unspecified atom stereocenters. The van der Waals surface area contributed by atoms with E-state index in [0.717, 1.165) is 0 Å². The molecule has 0 heterocycles. The van der Waals surface area contributed by atoms with Crippen LogP contribution < -0.4 is 23.5 Å². The summed E-state index contributed by atoms with van der Waals surface area (Å²) in [7, 11) is 0. The van der Waals surface area contributed by atoms with Crippen LogP contribution in [0, 0.1) is 49.4 Å². The zero-order valence-corrected chi connectivity index (χ0v) is 8.88. The molecule has 7 heteroatoms. The van der Waals surface area contributed by atoms with E-state index in [4.69, 9.17) is 0 Å². The number of hydrogen-bond acceptors (Lipinski definition) is 0. The van der Waals surface area contributed by atoms with Crippen LogP contribution in [0.3, 0.4) is 0 Å². The maximum absolute atomic E-state index is 0. The van der Waals surface area contributed by atoms with Crippen molar-refractivity contribution in [2.24, 2.45) is 0 Å². The third-order valence-corrected chi connectivity index (χ3v) is 0. The van der Waals surface area contributed by atoms with Crippen LogP contribution in [0.1, 0.15) is 0 Å². The maximum atomic E-state index is 0. The van der Waals surface area contributed by atoms with Gasteiger partial charge in [-0.25, -0.2) is 0 Å². The van der Waals surface area contributed by atoms with Crippen molar-refractivity contribution in [3.63, 3.8) is 0 Å². The van der Waals surface area contributed by atoms with Gasteiger partial charge in [-0.1, -0.05) is 0 Å². The molecule has 0 N–H and O–H groups in total. The Morgan fingerprint density at radius 2 is 0.429 bits per heavy atom. The minimum Gasteiger partial charge on any atom is -1.00 e. The van der Waals surface area contributed by atoms with Gasteiger partial charge in [-0.05, 0) is 0 Å². The Balaban J connectivity index is 0. The Labute approximate surface area is 115 Å². The molecule has 0 aliphatic rings. The predicted molar refractivity (Wildman–Crippen MR) is 5.75 cm³/mol. The van der Waals surface area contributed by atoms with Gasteiger partial charge in [0, 0.05) is 0 Å². The summed E-state index contributed by atoms with van der Waals surface area (Å²) in [5.74, 6) is 0. The third-order valence-electron chi connectivity index (χ3n) is 0. The Hall–Kier alpha value is 2.71. The fourth-order valence-corrected chi connectivity index (χ4v) is 0. The molecule has 0 aliphatic heterocycles. The molecule has 0 spiro atoms. The number of hydrogen-bond donors (Lipinski definition) is 0. The van der Waals surface area contributed by atoms with E-state index in [1.165, 1.54) is 0 Å². The van der Waals surface area contributed by atoms with Crippen LogP contribution in [0.5, 0.6) is 0 Å². The van der Waals surface area contributed by atoms with E-state index in [0.29, 0.717) is 0 Å². The second-order valence-corrected chi connectivity index (χ2v) is 0. The van der Waals surface area contributed by atoms with E-state index in [9.17, 15) is 0 Å². The third kappa shape index (κ3) is 53.3. The fourth-order valence-electron chi connectivity index (χ4n) is 0. The molecule has 0 amide bonds. The summed E-state index contributed by atoms with van der Waals surface area (Å²) in [6.07, 6.45) is 0. The summed E-state index contributed by atoms with van der Waals surface area (Å²) in [6.45, 7) is 0. The smallest absolute Gasteiger partial charge is 1.00 e. The van der Waals surface area contributed by atoms with Crippen LogP contribution in [-0.2, 0) is 0 Å². The molecule has 0 bridgehead atoms. The quantitative estimate of drug-likeness (QED) is 0.305. The van der Waals surface area contributed by atoms with E-state index in [1.54, 1.807) is 0 Å². The summed E-state index contributed by atoms with van der Waals surface area (Å²) >= 11 is 0. The zero-order chi connectivity index (χ0) is 0. The first kappa shape index (κ1) is 100. The first-order valence-electron chi connectivity index (χ1n) is 0. The van der Waals surface area contributed by atoms with Crippen molar-refractivity contribution in [3.05, 3.63) is 0 Å². The maximum Gasteiger partial charge on any atom is 3.00 e. The first-order chi connectivity index (χ1) is 0. The molecule has 0 aliphatic carbocycles. The number of rotatable bonds is 0. The number of halogens is 5. The zero-order valence-electron chi connectivity index (χ0n) is 2.97. The van der Waals surface area contributed by atoms with Crippen LogP contribution in [0.15, 0.2) is 0 Å². The molecule has 0 rings (SSSR count). The van der Waals surface area contributed by atoms with Gasteiger partial charge in [0.2, 0.25) is 0 Å². The van der Waals surface area contributed by atoms with E-state index < -0.39 is 0 Å². The molecule has 0 radical (unpaired) electrons. The van der Waals surface area contributed by atoms with Crippen LogP contribution in [0.4, 0.5) is 0 Å². The van der Waals surface area contributed by atoms with Gasteiger partial charge >= 0.3 is 94.9 Å². The van der Waals surface area contributed by atoms with Crippen molar-refractivity contribution in [1.82, 2.24) is 0 Å². The van der Waals surface area contributed by atoms with Crippen molar-refractivity contribution >= 4 is 45.5 Å². The van der Waals surface area contributed by atoms with E-state index in [2.05, 4.69) is 0 Å². The van der Waals surface area contributed by atoms with Crippen molar-refractivity contribution < 1.29 is 72.9 Å². The minimum absolute atomic E-state index is 0. The van der Waals surface area contributed by atoms with Crippen LogP contribution in [0.2, 0.25) is 0 Å². The molecule has 44 valence electrons. The average molecular weight is 335 g/mol. The molecule has 0 nitrogen and oxygen atoms in total. The minimum atomic E-state index is 0. The standard InChI is InChI=1S/Eu.5FH.Sr/h;5*1H;/q+3;;;;;;+2/p-5. The normalized spacial score (nSPS) is 0. The van der Waals surface area contributed by atoms with Gasteiger partial charge in [0.15, 0.2) is 0 Å². The molecule has 0 saturated heterocycles. The molecule has 0 aromatic carbocycles.